The van der Waals surface area contributed by atoms with Gasteiger partial charge in [-0.1, -0.05) is 11.6 Å². The van der Waals surface area contributed by atoms with Crippen LogP contribution in [0.25, 0.3) is 0 Å². The zero-order valence-corrected chi connectivity index (χ0v) is 13.8. The highest BCUT2D eigenvalue weighted by atomic mass is 35.5. The van der Waals surface area contributed by atoms with Gasteiger partial charge in [-0.3, -0.25) is 0 Å². The largest absolute Gasteiger partial charge is 0.486 e. The Morgan fingerprint density at radius 2 is 2.14 bits per heavy atom. The lowest BCUT2D eigenvalue weighted by molar-refractivity contribution is 0.161. The van der Waals surface area contributed by atoms with Crippen LogP contribution >= 0.6 is 22.9 Å². The summed E-state index contributed by atoms with van der Waals surface area (Å²) in [5.74, 6) is 1.15. The number of aliphatic hydroxyl groups excluding tert-OH is 1. The Morgan fingerprint density at radius 1 is 1.32 bits per heavy atom. The summed E-state index contributed by atoms with van der Waals surface area (Å²) in [4.78, 5) is 0. The maximum absolute atomic E-state index is 10.4. The van der Waals surface area contributed by atoms with E-state index in [4.69, 9.17) is 21.1 Å². The lowest BCUT2D eigenvalue weighted by Gasteiger charge is -2.22. The van der Waals surface area contributed by atoms with E-state index in [1.54, 1.807) is 23.5 Å². The Morgan fingerprint density at radius 3 is 2.91 bits per heavy atom. The number of benzene rings is 1. The number of hydrogen-bond donors (Lipinski definition) is 2. The molecular formula is C16H18ClNO3S. The second-order valence-corrected chi connectivity index (χ2v) is 6.42. The fourth-order valence-electron chi connectivity index (χ4n) is 2.37. The van der Waals surface area contributed by atoms with Crippen molar-refractivity contribution in [3.63, 3.8) is 0 Å². The van der Waals surface area contributed by atoms with Gasteiger partial charge in [-0.05, 0) is 47.0 Å². The van der Waals surface area contributed by atoms with Gasteiger partial charge >= 0.3 is 0 Å². The molecule has 0 spiro atoms. The van der Waals surface area contributed by atoms with Crippen molar-refractivity contribution in [3.8, 4) is 11.5 Å². The monoisotopic (exact) mass is 339 g/mol. The Hall–Kier alpha value is -1.27. The van der Waals surface area contributed by atoms with E-state index in [1.807, 2.05) is 5.38 Å². The molecule has 0 bridgehead atoms. The van der Waals surface area contributed by atoms with Crippen molar-refractivity contribution in [2.24, 2.45) is 0 Å². The third kappa shape index (κ3) is 3.38. The van der Waals surface area contributed by atoms with Crippen LogP contribution in [-0.2, 0) is 0 Å². The number of aliphatic hydroxyl groups is 1. The van der Waals surface area contributed by atoms with Gasteiger partial charge in [0.25, 0.3) is 0 Å². The number of halogens is 1. The summed E-state index contributed by atoms with van der Waals surface area (Å²) in [5, 5.41) is 18.3. The fourth-order valence-corrected chi connectivity index (χ4v) is 3.40. The average molecular weight is 340 g/mol. The number of rotatable bonds is 5. The third-order valence-electron chi connectivity index (χ3n) is 3.66. The van der Waals surface area contributed by atoms with Crippen molar-refractivity contribution >= 4 is 22.9 Å². The number of ether oxygens (including phenoxy) is 2. The molecule has 3 rings (SSSR count). The van der Waals surface area contributed by atoms with Crippen LogP contribution in [-0.4, -0.2) is 24.9 Å². The Balaban J connectivity index is 1.67. The van der Waals surface area contributed by atoms with Crippen LogP contribution in [0.1, 0.15) is 30.2 Å². The Labute approximate surface area is 138 Å². The van der Waals surface area contributed by atoms with Gasteiger partial charge < -0.3 is 19.9 Å². The van der Waals surface area contributed by atoms with Gasteiger partial charge in [-0.15, -0.1) is 0 Å². The Bertz CT molecular complexity index is 633. The SMILES string of the molecule is CC(NCC(O)c1cc(Cl)c2c(c1)OCCO2)c1ccsc1. The molecule has 1 aliphatic rings. The summed E-state index contributed by atoms with van der Waals surface area (Å²) in [6, 6.07) is 5.79. The molecule has 1 aromatic heterocycles. The first-order valence-electron chi connectivity index (χ1n) is 7.17. The fraction of sp³-hybridized carbons (Fsp3) is 0.375. The third-order valence-corrected chi connectivity index (χ3v) is 4.65. The molecule has 118 valence electrons. The van der Waals surface area contributed by atoms with E-state index in [-0.39, 0.29) is 6.04 Å². The number of hydrogen-bond acceptors (Lipinski definition) is 5. The van der Waals surface area contributed by atoms with Crippen LogP contribution < -0.4 is 14.8 Å². The van der Waals surface area contributed by atoms with Gasteiger partial charge in [0.2, 0.25) is 0 Å². The lowest BCUT2D eigenvalue weighted by Crippen LogP contribution is -2.24. The van der Waals surface area contributed by atoms with E-state index in [9.17, 15) is 5.11 Å². The minimum absolute atomic E-state index is 0.189. The van der Waals surface area contributed by atoms with Crippen LogP contribution in [0.2, 0.25) is 5.02 Å². The van der Waals surface area contributed by atoms with E-state index in [0.717, 1.165) is 5.56 Å². The van der Waals surface area contributed by atoms with Crippen LogP contribution in [0, 0.1) is 0 Å². The van der Waals surface area contributed by atoms with Crippen molar-refractivity contribution in [2.45, 2.75) is 19.1 Å². The van der Waals surface area contributed by atoms with Crippen molar-refractivity contribution in [1.82, 2.24) is 5.32 Å². The highest BCUT2D eigenvalue weighted by Crippen LogP contribution is 2.39. The first-order chi connectivity index (χ1) is 10.6. The lowest BCUT2D eigenvalue weighted by atomic mass is 10.1. The zero-order valence-electron chi connectivity index (χ0n) is 12.2. The first-order valence-corrected chi connectivity index (χ1v) is 8.50. The van der Waals surface area contributed by atoms with Gasteiger partial charge in [0.1, 0.15) is 13.2 Å². The van der Waals surface area contributed by atoms with E-state index < -0.39 is 6.10 Å². The maximum Gasteiger partial charge on any atom is 0.179 e. The number of nitrogens with one attached hydrogen (secondary N) is 1. The molecule has 0 amide bonds. The second kappa shape index (κ2) is 6.87. The molecule has 1 aliphatic heterocycles. The van der Waals surface area contributed by atoms with Gasteiger partial charge in [-0.2, -0.15) is 11.3 Å². The molecular weight excluding hydrogens is 322 g/mol. The maximum atomic E-state index is 10.4. The highest BCUT2D eigenvalue weighted by Gasteiger charge is 2.20. The first kappa shape index (κ1) is 15.6. The molecule has 2 atom stereocenters. The molecule has 0 saturated carbocycles. The van der Waals surface area contributed by atoms with Crippen molar-refractivity contribution in [1.29, 1.82) is 0 Å². The summed E-state index contributed by atoms with van der Waals surface area (Å²) < 4.78 is 11.0. The summed E-state index contributed by atoms with van der Waals surface area (Å²) >= 11 is 7.87. The number of thiophene rings is 1. The van der Waals surface area contributed by atoms with Gasteiger partial charge in [0.15, 0.2) is 11.5 Å². The summed E-state index contributed by atoms with van der Waals surface area (Å²) in [7, 11) is 0. The zero-order chi connectivity index (χ0) is 15.5. The molecule has 1 aromatic carbocycles. The molecule has 2 unspecified atom stereocenters. The smallest absolute Gasteiger partial charge is 0.179 e. The predicted octanol–water partition coefficient (Wildman–Crippen LogP) is 3.56. The molecule has 4 nitrogen and oxygen atoms in total. The number of fused-ring (bicyclic) bond motifs is 1. The average Bonchev–Trinajstić information content (AvgIpc) is 3.06. The molecule has 0 aliphatic carbocycles. The summed E-state index contributed by atoms with van der Waals surface area (Å²) in [6.07, 6.45) is -0.658. The topological polar surface area (TPSA) is 50.7 Å². The second-order valence-electron chi connectivity index (χ2n) is 5.23. The minimum atomic E-state index is -0.658. The van der Waals surface area contributed by atoms with Crippen molar-refractivity contribution in [2.75, 3.05) is 19.8 Å². The van der Waals surface area contributed by atoms with Crippen molar-refractivity contribution in [3.05, 3.63) is 45.1 Å². The van der Waals surface area contributed by atoms with E-state index in [2.05, 4.69) is 23.7 Å². The van der Waals surface area contributed by atoms with E-state index in [1.165, 1.54) is 5.56 Å². The quantitative estimate of drug-likeness (QED) is 0.874. The van der Waals surface area contributed by atoms with Crippen molar-refractivity contribution < 1.29 is 14.6 Å². The molecule has 6 heteroatoms. The molecule has 22 heavy (non-hydrogen) atoms. The normalized spacial score (nSPS) is 16.3. The summed E-state index contributed by atoms with van der Waals surface area (Å²) in [6.45, 7) is 3.50. The van der Waals surface area contributed by atoms with Gasteiger partial charge in [-0.25, -0.2) is 0 Å². The Kier molecular flexibility index (Phi) is 4.88. The molecule has 2 aromatic rings. The van der Waals surface area contributed by atoms with Crippen LogP contribution in [0.15, 0.2) is 29.0 Å². The minimum Gasteiger partial charge on any atom is -0.486 e. The standard InChI is InChI=1S/C16H18ClNO3S/c1-10(11-2-5-22-9-11)18-8-14(19)12-6-13(17)16-15(7-12)20-3-4-21-16/h2,5-7,9-10,14,18-19H,3-4,8H2,1H3. The van der Waals surface area contributed by atoms with Crippen LogP contribution in [0.3, 0.4) is 0 Å². The molecule has 0 fully saturated rings. The van der Waals surface area contributed by atoms with E-state index in [0.29, 0.717) is 36.3 Å². The van der Waals surface area contributed by atoms with E-state index >= 15 is 0 Å². The molecule has 0 saturated heterocycles. The van der Waals surface area contributed by atoms with Gasteiger partial charge in [0, 0.05) is 12.6 Å². The highest BCUT2D eigenvalue weighted by molar-refractivity contribution is 7.07. The van der Waals surface area contributed by atoms with Crippen LogP contribution in [0.5, 0.6) is 11.5 Å². The van der Waals surface area contributed by atoms with Gasteiger partial charge in [0.05, 0.1) is 11.1 Å². The van der Waals surface area contributed by atoms with Crippen LogP contribution in [0.4, 0.5) is 0 Å². The summed E-state index contributed by atoms with van der Waals surface area (Å²) in [5.41, 5.74) is 1.94. The molecule has 0 radical (unpaired) electrons. The molecule has 2 heterocycles. The predicted molar refractivity (Wildman–Crippen MR) is 88.1 cm³/mol. The molecule has 2 N–H and O–H groups in total.